The summed E-state index contributed by atoms with van der Waals surface area (Å²) in [4.78, 5) is 19.1. The Labute approximate surface area is 146 Å². The first-order valence-electron chi connectivity index (χ1n) is 8.94. The molecule has 2 saturated heterocycles. The van der Waals surface area contributed by atoms with Crippen LogP contribution in [0.25, 0.3) is 0 Å². The van der Waals surface area contributed by atoms with Crippen LogP contribution in [0.2, 0.25) is 0 Å². The number of hydrogen-bond acceptors (Lipinski definition) is 6. The van der Waals surface area contributed by atoms with Crippen molar-refractivity contribution in [3.63, 3.8) is 0 Å². The van der Waals surface area contributed by atoms with Crippen LogP contribution >= 0.6 is 0 Å². The van der Waals surface area contributed by atoms with Crippen LogP contribution in [0.3, 0.4) is 0 Å². The van der Waals surface area contributed by atoms with E-state index in [1.54, 1.807) is 12.4 Å². The van der Waals surface area contributed by atoms with Crippen LogP contribution in [0.1, 0.15) is 42.2 Å². The maximum atomic E-state index is 12.4. The zero-order valence-electron chi connectivity index (χ0n) is 14.2. The largest absolute Gasteiger partial charge is 0.357 e. The number of aromatic nitrogens is 4. The van der Waals surface area contributed by atoms with Crippen molar-refractivity contribution in [2.45, 2.75) is 31.7 Å². The van der Waals surface area contributed by atoms with Crippen LogP contribution in [0, 0.1) is 0 Å². The zero-order chi connectivity index (χ0) is 17.1. The lowest BCUT2D eigenvalue weighted by atomic mass is 10.1. The summed E-state index contributed by atoms with van der Waals surface area (Å²) in [6.45, 7) is 4.05. The lowest BCUT2D eigenvalue weighted by Gasteiger charge is -2.22. The van der Waals surface area contributed by atoms with Gasteiger partial charge >= 0.3 is 0 Å². The highest BCUT2D eigenvalue weighted by Crippen LogP contribution is 2.20. The van der Waals surface area contributed by atoms with Crippen molar-refractivity contribution >= 4 is 17.4 Å². The molecule has 2 aromatic rings. The second-order valence-corrected chi connectivity index (χ2v) is 6.62. The molecule has 2 aromatic heterocycles. The van der Waals surface area contributed by atoms with Gasteiger partial charge in [0.2, 0.25) is 0 Å². The molecule has 0 bridgehead atoms. The lowest BCUT2D eigenvalue weighted by Crippen LogP contribution is -2.29. The van der Waals surface area contributed by atoms with Gasteiger partial charge in [0.15, 0.2) is 5.69 Å². The summed E-state index contributed by atoms with van der Waals surface area (Å²) in [5, 5.41) is 14.3. The Morgan fingerprint density at radius 1 is 1.20 bits per heavy atom. The molecule has 2 aliphatic rings. The first kappa shape index (κ1) is 16.0. The SMILES string of the molecule is O=C(Nc1ccc(N2CCCC2)nc1)c1cn(C2CCNCC2)nn1. The Kier molecular flexibility index (Phi) is 4.60. The first-order valence-corrected chi connectivity index (χ1v) is 8.94. The van der Waals surface area contributed by atoms with Crippen LogP contribution in [-0.2, 0) is 0 Å². The molecular weight excluding hydrogens is 318 g/mol. The van der Waals surface area contributed by atoms with Crippen LogP contribution < -0.4 is 15.5 Å². The summed E-state index contributed by atoms with van der Waals surface area (Å²) in [6.07, 6.45) is 7.87. The monoisotopic (exact) mass is 341 g/mol. The Morgan fingerprint density at radius 3 is 2.72 bits per heavy atom. The second kappa shape index (κ2) is 7.18. The predicted molar refractivity (Wildman–Crippen MR) is 94.8 cm³/mol. The maximum Gasteiger partial charge on any atom is 0.277 e. The minimum Gasteiger partial charge on any atom is -0.357 e. The van der Waals surface area contributed by atoms with Crippen molar-refractivity contribution in [2.24, 2.45) is 0 Å². The highest BCUT2D eigenvalue weighted by atomic mass is 16.2. The van der Waals surface area contributed by atoms with E-state index in [4.69, 9.17) is 0 Å². The van der Waals surface area contributed by atoms with Crippen LogP contribution in [0.5, 0.6) is 0 Å². The predicted octanol–water partition coefficient (Wildman–Crippen LogP) is 1.45. The molecule has 0 atom stereocenters. The Hall–Kier alpha value is -2.48. The number of nitrogens with one attached hydrogen (secondary N) is 2. The van der Waals surface area contributed by atoms with Crippen molar-refractivity contribution in [1.82, 2.24) is 25.3 Å². The minimum atomic E-state index is -0.254. The first-order chi connectivity index (χ1) is 12.3. The fraction of sp³-hybridized carbons (Fsp3) is 0.529. The summed E-state index contributed by atoms with van der Waals surface area (Å²) in [7, 11) is 0. The number of amides is 1. The molecule has 4 rings (SSSR count). The number of anilines is 2. The summed E-state index contributed by atoms with van der Waals surface area (Å²) in [6, 6.07) is 4.15. The number of carbonyl (C=O) groups is 1. The summed E-state index contributed by atoms with van der Waals surface area (Å²) in [5.41, 5.74) is 1.01. The van der Waals surface area contributed by atoms with Crippen molar-refractivity contribution in [3.8, 4) is 0 Å². The number of rotatable bonds is 4. The fourth-order valence-corrected chi connectivity index (χ4v) is 3.42. The molecule has 2 aliphatic heterocycles. The third-order valence-corrected chi connectivity index (χ3v) is 4.86. The molecule has 2 fully saturated rings. The molecule has 8 nitrogen and oxygen atoms in total. The van der Waals surface area contributed by atoms with E-state index in [2.05, 4.69) is 30.8 Å². The van der Waals surface area contributed by atoms with Gasteiger partial charge in [0.25, 0.3) is 5.91 Å². The molecule has 0 aliphatic carbocycles. The normalized spacial score (nSPS) is 18.5. The van der Waals surface area contributed by atoms with Crippen molar-refractivity contribution in [3.05, 3.63) is 30.2 Å². The third-order valence-electron chi connectivity index (χ3n) is 4.86. The molecule has 0 saturated carbocycles. The van der Waals surface area contributed by atoms with E-state index in [1.807, 2.05) is 16.8 Å². The molecule has 132 valence electrons. The van der Waals surface area contributed by atoms with Crippen molar-refractivity contribution in [1.29, 1.82) is 0 Å². The van der Waals surface area contributed by atoms with Gasteiger partial charge < -0.3 is 15.5 Å². The van der Waals surface area contributed by atoms with E-state index in [1.165, 1.54) is 12.8 Å². The molecule has 0 spiro atoms. The van der Waals surface area contributed by atoms with E-state index in [0.29, 0.717) is 17.4 Å². The average Bonchev–Trinajstić information content (AvgIpc) is 3.35. The lowest BCUT2D eigenvalue weighted by molar-refractivity contribution is 0.102. The number of hydrogen-bond donors (Lipinski definition) is 2. The van der Waals surface area contributed by atoms with Gasteiger partial charge in [-0.2, -0.15) is 0 Å². The molecule has 25 heavy (non-hydrogen) atoms. The van der Waals surface area contributed by atoms with Crippen LogP contribution in [0.15, 0.2) is 24.5 Å². The summed E-state index contributed by atoms with van der Waals surface area (Å²) in [5.74, 6) is 0.711. The minimum absolute atomic E-state index is 0.254. The molecule has 2 N–H and O–H groups in total. The van der Waals surface area contributed by atoms with Crippen LogP contribution in [0.4, 0.5) is 11.5 Å². The Bertz CT molecular complexity index is 715. The zero-order valence-corrected chi connectivity index (χ0v) is 14.2. The van der Waals surface area contributed by atoms with Gasteiger partial charge in [0.1, 0.15) is 5.82 Å². The molecule has 0 aromatic carbocycles. The summed E-state index contributed by atoms with van der Waals surface area (Å²) < 4.78 is 1.81. The van der Waals surface area contributed by atoms with E-state index >= 15 is 0 Å². The molecular formula is C17H23N7O. The van der Waals surface area contributed by atoms with Gasteiger partial charge in [0, 0.05) is 13.1 Å². The van der Waals surface area contributed by atoms with Crippen molar-refractivity contribution in [2.75, 3.05) is 36.4 Å². The van der Waals surface area contributed by atoms with E-state index < -0.39 is 0 Å². The third kappa shape index (κ3) is 3.63. The topological polar surface area (TPSA) is 88.0 Å². The highest BCUT2D eigenvalue weighted by molar-refractivity contribution is 6.02. The molecule has 0 unspecified atom stereocenters. The standard InChI is InChI=1S/C17H23N7O/c25-17(15-12-24(22-21-15)14-5-7-18-8-6-14)20-13-3-4-16(19-11-13)23-9-1-2-10-23/h3-4,11-12,14,18H,1-2,5-10H2,(H,20,25). The number of nitrogens with zero attached hydrogens (tertiary/aromatic N) is 5. The van der Waals surface area contributed by atoms with E-state index in [0.717, 1.165) is 44.8 Å². The van der Waals surface area contributed by atoms with Gasteiger partial charge in [-0.25, -0.2) is 9.67 Å². The van der Waals surface area contributed by atoms with Crippen molar-refractivity contribution < 1.29 is 4.79 Å². The van der Waals surface area contributed by atoms with Crippen LogP contribution in [-0.4, -0.2) is 52.1 Å². The molecule has 1 amide bonds. The van der Waals surface area contributed by atoms with Gasteiger partial charge in [-0.05, 0) is 50.9 Å². The Morgan fingerprint density at radius 2 is 2.00 bits per heavy atom. The number of pyridine rings is 1. The van der Waals surface area contributed by atoms with E-state index in [-0.39, 0.29) is 5.91 Å². The quantitative estimate of drug-likeness (QED) is 0.875. The van der Waals surface area contributed by atoms with Gasteiger partial charge in [0.05, 0.1) is 24.1 Å². The maximum absolute atomic E-state index is 12.4. The highest BCUT2D eigenvalue weighted by Gasteiger charge is 2.19. The van der Waals surface area contributed by atoms with Gasteiger partial charge in [-0.1, -0.05) is 5.21 Å². The Balaban J connectivity index is 1.39. The molecule has 8 heteroatoms. The summed E-state index contributed by atoms with van der Waals surface area (Å²) >= 11 is 0. The van der Waals surface area contributed by atoms with E-state index in [9.17, 15) is 4.79 Å². The van der Waals surface area contributed by atoms with Gasteiger partial charge in [-0.15, -0.1) is 5.10 Å². The second-order valence-electron chi connectivity index (χ2n) is 6.62. The smallest absolute Gasteiger partial charge is 0.277 e. The number of piperidine rings is 1. The number of carbonyl (C=O) groups excluding carboxylic acids is 1. The van der Waals surface area contributed by atoms with Gasteiger partial charge in [-0.3, -0.25) is 4.79 Å². The molecule has 0 radical (unpaired) electrons. The average molecular weight is 341 g/mol. The molecule has 4 heterocycles. The fourth-order valence-electron chi connectivity index (χ4n) is 3.42.